The van der Waals surface area contributed by atoms with Crippen molar-refractivity contribution in [3.8, 4) is 0 Å². The van der Waals surface area contributed by atoms with Crippen molar-refractivity contribution in [2.75, 3.05) is 12.3 Å². The third-order valence-electron chi connectivity index (χ3n) is 1.65. The maximum Gasteiger partial charge on any atom is 0.306 e. The molecule has 1 saturated heterocycles. The summed E-state index contributed by atoms with van der Waals surface area (Å²) in [5.41, 5.74) is 0. The molecule has 1 aliphatic rings. The molecule has 52 valence electrons. The van der Waals surface area contributed by atoms with Crippen molar-refractivity contribution in [1.82, 2.24) is 0 Å². The van der Waals surface area contributed by atoms with Crippen molar-refractivity contribution < 1.29 is 9.90 Å². The van der Waals surface area contributed by atoms with Gasteiger partial charge >= 0.3 is 5.97 Å². The summed E-state index contributed by atoms with van der Waals surface area (Å²) < 4.78 is 0. The van der Waals surface area contributed by atoms with Gasteiger partial charge in [-0.2, -0.15) is 0 Å². The molecule has 0 aromatic rings. The first-order chi connectivity index (χ1) is 4.30. The van der Waals surface area contributed by atoms with Crippen molar-refractivity contribution in [1.29, 1.82) is 0 Å². The highest BCUT2D eigenvalue weighted by molar-refractivity contribution is 7.38. The molecule has 1 aliphatic heterocycles. The number of carboxylic acids is 1. The van der Waals surface area contributed by atoms with Crippen molar-refractivity contribution in [3.05, 3.63) is 0 Å². The average molecular weight is 146 g/mol. The van der Waals surface area contributed by atoms with E-state index in [4.69, 9.17) is 5.11 Å². The van der Waals surface area contributed by atoms with Gasteiger partial charge in [-0.05, 0) is 25.2 Å². The summed E-state index contributed by atoms with van der Waals surface area (Å²) in [4.78, 5) is 10.4. The van der Waals surface area contributed by atoms with E-state index in [1.807, 2.05) is 0 Å². The number of carbonyl (C=O) groups is 1. The van der Waals surface area contributed by atoms with E-state index in [9.17, 15) is 4.79 Å². The van der Waals surface area contributed by atoms with Gasteiger partial charge in [0.1, 0.15) is 0 Å². The van der Waals surface area contributed by atoms with Crippen molar-refractivity contribution in [2.45, 2.75) is 12.8 Å². The van der Waals surface area contributed by atoms with Gasteiger partial charge in [0.05, 0.1) is 5.92 Å². The summed E-state index contributed by atoms with van der Waals surface area (Å²) in [6, 6.07) is 0. The van der Waals surface area contributed by atoms with Gasteiger partial charge in [0.2, 0.25) is 0 Å². The fraction of sp³-hybridized carbons (Fsp3) is 0.833. The molecule has 0 aromatic carbocycles. The molecule has 0 bridgehead atoms. The number of rotatable bonds is 1. The Kier molecular flexibility index (Phi) is 2.47. The van der Waals surface area contributed by atoms with Crippen LogP contribution in [0.15, 0.2) is 0 Å². The largest absolute Gasteiger partial charge is 0.481 e. The standard InChI is InChI=1S/C6H11O2P/c7-6(8)5-2-1-3-9-4-5/h5,9H,1-4H2,(H,7,8). The first-order valence-corrected chi connectivity index (χ1v) is 4.65. The fourth-order valence-corrected chi connectivity index (χ4v) is 2.45. The van der Waals surface area contributed by atoms with E-state index in [0.29, 0.717) is 0 Å². The maximum atomic E-state index is 10.4. The average Bonchev–Trinajstić information content (AvgIpc) is 1.90. The molecule has 1 N–H and O–H groups in total. The van der Waals surface area contributed by atoms with Gasteiger partial charge in [-0.3, -0.25) is 4.79 Å². The Hall–Kier alpha value is -0.100. The van der Waals surface area contributed by atoms with Crippen LogP contribution in [0.25, 0.3) is 0 Å². The van der Waals surface area contributed by atoms with E-state index in [1.54, 1.807) is 0 Å². The van der Waals surface area contributed by atoms with Crippen LogP contribution in [0.5, 0.6) is 0 Å². The van der Waals surface area contributed by atoms with Gasteiger partial charge in [-0.1, -0.05) is 0 Å². The quantitative estimate of drug-likeness (QED) is 0.563. The van der Waals surface area contributed by atoms with Crippen LogP contribution >= 0.6 is 8.58 Å². The van der Waals surface area contributed by atoms with Crippen molar-refractivity contribution in [3.63, 3.8) is 0 Å². The van der Waals surface area contributed by atoms with Crippen LogP contribution in [0.2, 0.25) is 0 Å². The molecule has 0 radical (unpaired) electrons. The lowest BCUT2D eigenvalue weighted by Gasteiger charge is -2.16. The first kappa shape index (κ1) is 7.01. The molecule has 2 unspecified atom stereocenters. The molecule has 1 fully saturated rings. The highest BCUT2D eigenvalue weighted by Gasteiger charge is 2.19. The molecule has 1 rings (SSSR count). The maximum absolute atomic E-state index is 10.4. The Bertz CT molecular complexity index is 108. The summed E-state index contributed by atoms with van der Waals surface area (Å²) in [6.45, 7) is 0. The molecule has 0 saturated carbocycles. The Morgan fingerprint density at radius 2 is 2.44 bits per heavy atom. The van der Waals surface area contributed by atoms with Gasteiger partial charge in [0, 0.05) is 0 Å². The number of hydrogen-bond donors (Lipinski definition) is 1. The molecular weight excluding hydrogens is 135 g/mol. The molecule has 3 heteroatoms. The Morgan fingerprint density at radius 3 is 2.78 bits per heavy atom. The molecule has 2 nitrogen and oxygen atoms in total. The van der Waals surface area contributed by atoms with Crippen molar-refractivity contribution >= 4 is 14.6 Å². The molecular formula is C6H11O2P. The summed E-state index contributed by atoms with van der Waals surface area (Å²) in [7, 11) is 0.894. The zero-order valence-electron chi connectivity index (χ0n) is 5.26. The van der Waals surface area contributed by atoms with E-state index in [0.717, 1.165) is 27.6 Å². The molecule has 0 aliphatic carbocycles. The lowest BCUT2D eigenvalue weighted by Crippen LogP contribution is -2.18. The van der Waals surface area contributed by atoms with E-state index < -0.39 is 5.97 Å². The molecule has 0 aromatic heterocycles. The van der Waals surface area contributed by atoms with Gasteiger partial charge in [0.15, 0.2) is 0 Å². The summed E-state index contributed by atoms with van der Waals surface area (Å²) in [5.74, 6) is -0.612. The zero-order valence-corrected chi connectivity index (χ0v) is 6.26. The molecule has 9 heavy (non-hydrogen) atoms. The van der Waals surface area contributed by atoms with E-state index in [1.165, 1.54) is 6.16 Å². The smallest absolute Gasteiger partial charge is 0.306 e. The predicted octanol–water partition coefficient (Wildman–Crippen LogP) is 1.16. The van der Waals surface area contributed by atoms with Gasteiger partial charge in [0.25, 0.3) is 0 Å². The van der Waals surface area contributed by atoms with Gasteiger partial charge in [-0.25, -0.2) is 0 Å². The highest BCUT2D eigenvalue weighted by Crippen LogP contribution is 2.27. The zero-order chi connectivity index (χ0) is 6.69. The molecule has 1 heterocycles. The monoisotopic (exact) mass is 146 g/mol. The third kappa shape index (κ3) is 1.94. The number of carboxylic acid groups (broad SMARTS) is 1. The fourth-order valence-electron chi connectivity index (χ4n) is 1.06. The minimum atomic E-state index is -0.595. The second-order valence-electron chi connectivity index (χ2n) is 2.38. The van der Waals surface area contributed by atoms with Crippen molar-refractivity contribution in [2.24, 2.45) is 5.92 Å². The summed E-state index contributed by atoms with van der Waals surface area (Å²) in [5, 5.41) is 8.54. The Labute approximate surface area is 56.4 Å². The molecule has 0 amide bonds. The van der Waals surface area contributed by atoms with E-state index in [-0.39, 0.29) is 5.92 Å². The Morgan fingerprint density at radius 1 is 1.67 bits per heavy atom. The normalized spacial score (nSPS) is 30.4. The van der Waals surface area contributed by atoms with Crippen LogP contribution in [0, 0.1) is 5.92 Å². The molecule has 0 spiro atoms. The second kappa shape index (κ2) is 3.17. The van der Waals surface area contributed by atoms with Crippen LogP contribution in [-0.2, 0) is 4.79 Å². The van der Waals surface area contributed by atoms with E-state index >= 15 is 0 Å². The SMILES string of the molecule is O=C(O)C1CCCPC1. The molecule has 2 atom stereocenters. The number of hydrogen-bond acceptors (Lipinski definition) is 1. The second-order valence-corrected chi connectivity index (χ2v) is 3.79. The number of aliphatic carboxylic acids is 1. The van der Waals surface area contributed by atoms with Crippen LogP contribution in [0.1, 0.15) is 12.8 Å². The van der Waals surface area contributed by atoms with Crippen LogP contribution in [0.4, 0.5) is 0 Å². The lowest BCUT2D eigenvalue weighted by atomic mass is 10.1. The van der Waals surface area contributed by atoms with Gasteiger partial charge in [-0.15, -0.1) is 8.58 Å². The van der Waals surface area contributed by atoms with Crippen LogP contribution < -0.4 is 0 Å². The van der Waals surface area contributed by atoms with E-state index in [2.05, 4.69) is 0 Å². The first-order valence-electron chi connectivity index (χ1n) is 3.24. The minimum absolute atomic E-state index is 0.0166. The lowest BCUT2D eigenvalue weighted by molar-refractivity contribution is -0.141. The van der Waals surface area contributed by atoms with Gasteiger partial charge < -0.3 is 5.11 Å². The topological polar surface area (TPSA) is 37.3 Å². The predicted molar refractivity (Wildman–Crippen MR) is 38.4 cm³/mol. The minimum Gasteiger partial charge on any atom is -0.481 e. The summed E-state index contributed by atoms with van der Waals surface area (Å²) >= 11 is 0. The Balaban J connectivity index is 2.31. The third-order valence-corrected chi connectivity index (χ3v) is 3.13. The summed E-state index contributed by atoms with van der Waals surface area (Å²) in [6.07, 6.45) is 4.21. The highest BCUT2D eigenvalue weighted by atomic mass is 31.1. The van der Waals surface area contributed by atoms with Crippen LogP contribution in [-0.4, -0.2) is 23.4 Å². The van der Waals surface area contributed by atoms with Crippen LogP contribution in [0.3, 0.4) is 0 Å².